The summed E-state index contributed by atoms with van der Waals surface area (Å²) in [5, 5.41) is 6.80. The maximum atomic E-state index is 13.8. The van der Waals surface area contributed by atoms with Crippen LogP contribution in [0.1, 0.15) is 13.3 Å². The number of rotatable bonds is 5. The van der Waals surface area contributed by atoms with E-state index < -0.39 is 5.82 Å². The number of aromatic nitrogens is 1. The van der Waals surface area contributed by atoms with E-state index in [9.17, 15) is 4.39 Å². The second-order valence-corrected chi connectivity index (χ2v) is 5.52. The second kappa shape index (κ2) is 7.16. The molecule has 1 aromatic heterocycles. The lowest BCUT2D eigenvalue weighted by Crippen LogP contribution is -2.05. The third kappa shape index (κ3) is 3.90. The van der Waals surface area contributed by atoms with E-state index in [1.807, 2.05) is 6.92 Å². The standard InChI is InChI=1S/C14H13Cl3FN3/c1-2-6-19-13-9(16)7-10(17)14(21-13)20-12-8(15)4-3-5-11(12)18/h3-5,7H,2,6H2,1H3,(H2,19,20,21). The normalized spacial score (nSPS) is 10.5. The van der Waals surface area contributed by atoms with Gasteiger partial charge in [-0.1, -0.05) is 47.8 Å². The molecule has 0 bridgehead atoms. The van der Waals surface area contributed by atoms with Gasteiger partial charge in [0.25, 0.3) is 0 Å². The first-order valence-corrected chi connectivity index (χ1v) is 7.47. The van der Waals surface area contributed by atoms with Crippen molar-refractivity contribution in [3.8, 4) is 0 Å². The molecule has 0 fully saturated rings. The number of hydrogen-bond acceptors (Lipinski definition) is 3. The van der Waals surface area contributed by atoms with Crippen LogP contribution >= 0.6 is 34.8 Å². The number of anilines is 3. The number of pyridine rings is 1. The molecule has 0 amide bonds. The minimum atomic E-state index is -0.488. The van der Waals surface area contributed by atoms with Crippen LogP contribution in [0.25, 0.3) is 0 Å². The summed E-state index contributed by atoms with van der Waals surface area (Å²) in [6.45, 7) is 2.74. The molecule has 0 unspecified atom stereocenters. The molecule has 0 spiro atoms. The summed E-state index contributed by atoms with van der Waals surface area (Å²) in [6, 6.07) is 5.94. The molecule has 0 radical (unpaired) electrons. The molecule has 3 nitrogen and oxygen atoms in total. The lowest BCUT2D eigenvalue weighted by Gasteiger charge is -2.13. The van der Waals surface area contributed by atoms with Crippen molar-refractivity contribution in [2.75, 3.05) is 17.2 Å². The Morgan fingerprint density at radius 2 is 1.81 bits per heavy atom. The van der Waals surface area contributed by atoms with Crippen molar-refractivity contribution in [1.29, 1.82) is 0 Å². The number of nitrogens with zero attached hydrogens (tertiary/aromatic N) is 1. The van der Waals surface area contributed by atoms with Gasteiger partial charge in [-0.05, 0) is 24.6 Å². The van der Waals surface area contributed by atoms with Gasteiger partial charge in [0, 0.05) is 6.54 Å². The first-order valence-electron chi connectivity index (χ1n) is 6.34. The molecule has 1 heterocycles. The van der Waals surface area contributed by atoms with Crippen LogP contribution in [0.5, 0.6) is 0 Å². The van der Waals surface area contributed by atoms with Gasteiger partial charge in [0.15, 0.2) is 5.82 Å². The molecule has 0 atom stereocenters. The summed E-state index contributed by atoms with van der Waals surface area (Å²) >= 11 is 18.1. The van der Waals surface area contributed by atoms with E-state index in [1.165, 1.54) is 12.1 Å². The van der Waals surface area contributed by atoms with Gasteiger partial charge in [0.2, 0.25) is 0 Å². The Morgan fingerprint density at radius 1 is 1.10 bits per heavy atom. The number of para-hydroxylation sites is 1. The topological polar surface area (TPSA) is 37.0 Å². The lowest BCUT2D eigenvalue weighted by molar-refractivity contribution is 0.632. The smallest absolute Gasteiger partial charge is 0.151 e. The Kier molecular flexibility index (Phi) is 5.51. The van der Waals surface area contributed by atoms with E-state index in [2.05, 4.69) is 15.6 Å². The highest BCUT2D eigenvalue weighted by Gasteiger charge is 2.13. The van der Waals surface area contributed by atoms with Crippen molar-refractivity contribution in [3.05, 3.63) is 45.2 Å². The molecule has 21 heavy (non-hydrogen) atoms. The Bertz CT molecular complexity index is 629. The van der Waals surface area contributed by atoms with Crippen molar-refractivity contribution in [2.24, 2.45) is 0 Å². The first kappa shape index (κ1) is 16.1. The van der Waals surface area contributed by atoms with E-state index in [4.69, 9.17) is 34.8 Å². The van der Waals surface area contributed by atoms with Gasteiger partial charge in [-0.25, -0.2) is 9.37 Å². The van der Waals surface area contributed by atoms with Crippen molar-refractivity contribution < 1.29 is 4.39 Å². The summed E-state index contributed by atoms with van der Waals surface area (Å²) in [6.07, 6.45) is 0.919. The molecular weight excluding hydrogens is 336 g/mol. The molecular formula is C14H13Cl3FN3. The minimum Gasteiger partial charge on any atom is -0.369 e. The Labute approximate surface area is 137 Å². The zero-order valence-electron chi connectivity index (χ0n) is 11.2. The van der Waals surface area contributed by atoms with Crippen molar-refractivity contribution in [2.45, 2.75) is 13.3 Å². The number of hydrogen-bond donors (Lipinski definition) is 2. The first-order chi connectivity index (χ1) is 10.0. The molecule has 112 valence electrons. The fourth-order valence-electron chi connectivity index (χ4n) is 1.66. The van der Waals surface area contributed by atoms with Crippen LogP contribution in [-0.4, -0.2) is 11.5 Å². The third-order valence-corrected chi connectivity index (χ3v) is 3.57. The highest BCUT2D eigenvalue weighted by molar-refractivity contribution is 6.37. The molecule has 0 aliphatic heterocycles. The Balaban J connectivity index is 2.35. The van der Waals surface area contributed by atoms with E-state index in [0.717, 1.165) is 6.42 Å². The van der Waals surface area contributed by atoms with Gasteiger partial charge in [0.1, 0.15) is 11.6 Å². The largest absolute Gasteiger partial charge is 0.369 e. The molecule has 2 rings (SSSR count). The molecule has 7 heteroatoms. The summed E-state index contributed by atoms with van der Waals surface area (Å²) < 4.78 is 13.8. The molecule has 2 N–H and O–H groups in total. The Hall–Kier alpha value is -1.23. The highest BCUT2D eigenvalue weighted by atomic mass is 35.5. The molecule has 0 saturated heterocycles. The van der Waals surface area contributed by atoms with Crippen LogP contribution in [-0.2, 0) is 0 Å². The van der Waals surface area contributed by atoms with Crippen molar-refractivity contribution in [3.63, 3.8) is 0 Å². The fourth-order valence-corrected chi connectivity index (χ4v) is 2.34. The van der Waals surface area contributed by atoms with E-state index in [1.54, 1.807) is 12.1 Å². The molecule has 0 aliphatic carbocycles. The third-order valence-electron chi connectivity index (χ3n) is 2.68. The van der Waals surface area contributed by atoms with E-state index in [-0.39, 0.29) is 21.6 Å². The zero-order chi connectivity index (χ0) is 15.4. The van der Waals surface area contributed by atoms with Crippen molar-refractivity contribution in [1.82, 2.24) is 4.98 Å². The molecule has 2 aromatic rings. The average molecular weight is 349 g/mol. The van der Waals surface area contributed by atoms with Crippen LogP contribution in [0.2, 0.25) is 15.1 Å². The van der Waals surface area contributed by atoms with Gasteiger partial charge >= 0.3 is 0 Å². The van der Waals surface area contributed by atoms with Gasteiger partial charge in [0.05, 0.1) is 20.8 Å². The zero-order valence-corrected chi connectivity index (χ0v) is 13.5. The van der Waals surface area contributed by atoms with Crippen LogP contribution in [0.3, 0.4) is 0 Å². The number of nitrogens with one attached hydrogen (secondary N) is 2. The maximum absolute atomic E-state index is 13.8. The van der Waals surface area contributed by atoms with Crippen LogP contribution < -0.4 is 10.6 Å². The predicted molar refractivity (Wildman–Crippen MR) is 87.7 cm³/mol. The number of halogens is 4. The monoisotopic (exact) mass is 347 g/mol. The van der Waals surface area contributed by atoms with Gasteiger partial charge < -0.3 is 10.6 Å². The molecule has 0 saturated carbocycles. The Morgan fingerprint density at radius 3 is 2.48 bits per heavy atom. The van der Waals surface area contributed by atoms with E-state index >= 15 is 0 Å². The van der Waals surface area contributed by atoms with Crippen molar-refractivity contribution >= 4 is 52.1 Å². The van der Waals surface area contributed by atoms with Crippen LogP contribution in [0.4, 0.5) is 21.7 Å². The van der Waals surface area contributed by atoms with Gasteiger partial charge in [-0.15, -0.1) is 0 Å². The quantitative estimate of drug-likeness (QED) is 0.722. The highest BCUT2D eigenvalue weighted by Crippen LogP contribution is 2.34. The summed E-state index contributed by atoms with van der Waals surface area (Å²) in [5.41, 5.74) is 0.123. The van der Waals surface area contributed by atoms with Gasteiger partial charge in [-0.2, -0.15) is 0 Å². The number of benzene rings is 1. The average Bonchev–Trinajstić information content (AvgIpc) is 2.44. The summed E-state index contributed by atoms with van der Waals surface area (Å²) in [5.74, 6) is 0.280. The maximum Gasteiger partial charge on any atom is 0.151 e. The second-order valence-electron chi connectivity index (χ2n) is 4.30. The van der Waals surface area contributed by atoms with Crippen LogP contribution in [0.15, 0.2) is 24.3 Å². The predicted octanol–water partition coefficient (Wildman–Crippen LogP) is 5.75. The molecule has 1 aromatic carbocycles. The summed E-state index contributed by atoms with van der Waals surface area (Å²) in [7, 11) is 0. The fraction of sp³-hybridized carbons (Fsp3) is 0.214. The SMILES string of the molecule is CCCNc1nc(Nc2c(F)cccc2Cl)c(Cl)cc1Cl. The van der Waals surface area contributed by atoms with E-state index in [0.29, 0.717) is 17.4 Å². The summed E-state index contributed by atoms with van der Waals surface area (Å²) in [4.78, 5) is 4.28. The van der Waals surface area contributed by atoms with Crippen LogP contribution in [0, 0.1) is 5.82 Å². The van der Waals surface area contributed by atoms with Gasteiger partial charge in [-0.3, -0.25) is 0 Å². The minimum absolute atomic E-state index is 0.123. The lowest BCUT2D eigenvalue weighted by atomic mass is 10.3. The molecule has 0 aliphatic rings.